The van der Waals surface area contributed by atoms with Gasteiger partial charge in [-0.2, -0.15) is 0 Å². The molecule has 1 fully saturated rings. The van der Waals surface area contributed by atoms with E-state index in [1.165, 1.54) is 4.90 Å². The van der Waals surface area contributed by atoms with Gasteiger partial charge < -0.3 is 29.7 Å². The Kier molecular flexibility index (Phi) is 9.05. The lowest BCUT2D eigenvalue weighted by Crippen LogP contribution is -2.50. The van der Waals surface area contributed by atoms with Gasteiger partial charge in [0.15, 0.2) is 5.82 Å². The summed E-state index contributed by atoms with van der Waals surface area (Å²) in [5.41, 5.74) is -2.81. The Morgan fingerprint density at radius 3 is 2.54 bits per heavy atom. The minimum atomic E-state index is -3.14. The lowest BCUT2D eigenvalue weighted by molar-refractivity contribution is 0.0802. The molecule has 1 atom stereocenters. The van der Waals surface area contributed by atoms with E-state index < -0.39 is 58.0 Å². The van der Waals surface area contributed by atoms with Crippen LogP contribution in [0.4, 0.5) is 33.7 Å². The fourth-order valence-electron chi connectivity index (χ4n) is 4.94. The molecule has 3 heterocycles. The van der Waals surface area contributed by atoms with Crippen LogP contribution in [0.15, 0.2) is 29.2 Å². The topological polar surface area (TPSA) is 98.0 Å². The Morgan fingerprint density at radius 1 is 1.15 bits per heavy atom. The summed E-state index contributed by atoms with van der Waals surface area (Å²) < 4.78 is 64.6. The van der Waals surface area contributed by atoms with E-state index in [1.807, 2.05) is 14.0 Å². The van der Waals surface area contributed by atoms with Crippen molar-refractivity contribution in [2.45, 2.75) is 45.8 Å². The number of aromatic nitrogens is 1. The monoisotopic (exact) mass is 579 g/mol. The second-order valence-corrected chi connectivity index (χ2v) is 10.5. The zero-order valence-corrected chi connectivity index (χ0v) is 23.3. The molecule has 2 aromatic rings. The maximum Gasteiger partial charge on any atom is 0.410 e. The quantitative estimate of drug-likeness (QED) is 0.485. The number of nitrogens with zero attached hydrogens (tertiary/aromatic N) is 3. The first-order chi connectivity index (χ1) is 19.4. The molecule has 9 nitrogen and oxygen atoms in total. The highest BCUT2D eigenvalue weighted by atomic mass is 19.3. The molecule has 2 aliphatic heterocycles. The molecule has 1 saturated heterocycles. The number of likely N-dealkylation sites (N-methyl/N-ethyl adjacent to an activating group) is 1. The molecule has 2 aliphatic rings. The molecule has 13 heteroatoms. The largest absolute Gasteiger partial charge is 0.447 e. The average Bonchev–Trinajstić information content (AvgIpc) is 2.91. The molecule has 0 saturated carbocycles. The van der Waals surface area contributed by atoms with Crippen LogP contribution in [0.5, 0.6) is 0 Å². The van der Waals surface area contributed by atoms with E-state index in [2.05, 4.69) is 15.2 Å². The van der Waals surface area contributed by atoms with Crippen molar-refractivity contribution in [2.75, 3.05) is 50.0 Å². The number of amides is 2. The number of aromatic amines is 1. The van der Waals surface area contributed by atoms with Crippen LogP contribution >= 0.6 is 0 Å². The third-order valence-electron chi connectivity index (χ3n) is 7.24. The minimum Gasteiger partial charge on any atom is -0.447 e. The van der Waals surface area contributed by atoms with Crippen molar-refractivity contribution in [3.63, 3.8) is 0 Å². The first kappa shape index (κ1) is 30.1. The van der Waals surface area contributed by atoms with E-state index in [1.54, 1.807) is 24.8 Å². The number of alkyl halides is 2. The number of piperazine rings is 1. The standard InChI is InChI=1S/C28H33F4N5O4/c1-15(2)41-28(40)37-7-5-6-17(14-37)23-20(29)11-21(36-9-8-35(4)16(3)13-36)25(24(23)30)34-27(39)19-12-33-22(38)10-18(19)26(31)32/h6,10-12,15-16,26H,5,7-9,13-14H2,1-4H3,(H,33,38)(H,34,39). The van der Waals surface area contributed by atoms with Crippen LogP contribution in [-0.2, 0) is 4.74 Å². The van der Waals surface area contributed by atoms with Gasteiger partial charge in [-0.15, -0.1) is 0 Å². The SMILES string of the molecule is CC(C)OC(=O)N1CCC=C(c2c(F)cc(N3CCN(C)C(C)C3)c(NC(=O)c3c[nH]c(=O)cc3C(F)F)c2F)C1. The van der Waals surface area contributed by atoms with Crippen molar-refractivity contribution >= 4 is 28.9 Å². The zero-order chi connectivity index (χ0) is 30.0. The van der Waals surface area contributed by atoms with Gasteiger partial charge in [0.1, 0.15) is 11.5 Å². The third-order valence-corrected chi connectivity index (χ3v) is 7.24. The number of carbonyl (C=O) groups excluding carboxylic acids is 2. The summed E-state index contributed by atoms with van der Waals surface area (Å²) in [7, 11) is 1.92. The summed E-state index contributed by atoms with van der Waals surface area (Å²) in [4.78, 5) is 44.6. The summed E-state index contributed by atoms with van der Waals surface area (Å²) in [6, 6.07) is 1.73. The van der Waals surface area contributed by atoms with Crippen LogP contribution in [0.25, 0.3) is 5.57 Å². The van der Waals surface area contributed by atoms with Crippen LogP contribution in [-0.4, -0.2) is 78.7 Å². The maximum atomic E-state index is 16.4. The first-order valence-corrected chi connectivity index (χ1v) is 13.3. The Labute approximate surface area is 234 Å². The second kappa shape index (κ2) is 12.3. The number of ether oxygens (including phenoxy) is 1. The highest BCUT2D eigenvalue weighted by Crippen LogP contribution is 2.38. The number of carbonyl (C=O) groups is 2. The van der Waals surface area contributed by atoms with E-state index in [-0.39, 0.29) is 30.0 Å². The molecule has 2 amide bonds. The highest BCUT2D eigenvalue weighted by molar-refractivity contribution is 6.07. The summed E-state index contributed by atoms with van der Waals surface area (Å²) in [5.74, 6) is -3.10. The van der Waals surface area contributed by atoms with E-state index in [0.717, 1.165) is 12.3 Å². The van der Waals surface area contributed by atoms with Gasteiger partial charge in [0, 0.05) is 62.7 Å². The molecule has 0 spiro atoms. The normalized spacial score (nSPS) is 18.1. The number of H-pyrrole nitrogens is 1. The van der Waals surface area contributed by atoms with Gasteiger partial charge in [-0.3, -0.25) is 9.59 Å². The van der Waals surface area contributed by atoms with Crippen molar-refractivity contribution in [2.24, 2.45) is 0 Å². The molecule has 1 aromatic carbocycles. The number of benzene rings is 1. The van der Waals surface area contributed by atoms with Gasteiger partial charge in [0.25, 0.3) is 12.3 Å². The Hall–Kier alpha value is -3.87. The van der Waals surface area contributed by atoms with E-state index in [4.69, 9.17) is 4.74 Å². The summed E-state index contributed by atoms with van der Waals surface area (Å²) in [6.07, 6.45) is -1.39. The van der Waals surface area contributed by atoms with Gasteiger partial charge in [0.05, 0.1) is 22.9 Å². The van der Waals surface area contributed by atoms with Gasteiger partial charge in [-0.1, -0.05) is 6.08 Å². The van der Waals surface area contributed by atoms with Crippen LogP contribution in [0.1, 0.15) is 55.1 Å². The zero-order valence-electron chi connectivity index (χ0n) is 23.3. The van der Waals surface area contributed by atoms with Gasteiger partial charge >= 0.3 is 6.09 Å². The van der Waals surface area contributed by atoms with Gasteiger partial charge in [-0.25, -0.2) is 22.4 Å². The molecule has 1 aromatic heterocycles. The highest BCUT2D eigenvalue weighted by Gasteiger charge is 2.31. The molecule has 4 rings (SSSR count). The number of pyridine rings is 1. The molecule has 2 N–H and O–H groups in total. The summed E-state index contributed by atoms with van der Waals surface area (Å²) in [6.45, 7) is 6.83. The molecule has 0 bridgehead atoms. The molecule has 222 valence electrons. The predicted octanol–water partition coefficient (Wildman–Crippen LogP) is 4.62. The van der Waals surface area contributed by atoms with Crippen molar-refractivity contribution in [1.29, 1.82) is 0 Å². The Bertz CT molecular complexity index is 1410. The van der Waals surface area contributed by atoms with Crippen LogP contribution in [0.2, 0.25) is 0 Å². The number of nitrogens with one attached hydrogen (secondary N) is 2. The lowest BCUT2D eigenvalue weighted by atomic mass is 9.97. The van der Waals surface area contributed by atoms with Crippen molar-refractivity contribution in [1.82, 2.24) is 14.8 Å². The predicted molar refractivity (Wildman–Crippen MR) is 146 cm³/mol. The Balaban J connectivity index is 1.78. The average molecular weight is 580 g/mol. The molecular weight excluding hydrogens is 546 g/mol. The maximum absolute atomic E-state index is 16.4. The number of anilines is 2. The van der Waals surface area contributed by atoms with Crippen molar-refractivity contribution in [3.05, 3.63) is 63.1 Å². The fraction of sp³-hybridized carbons (Fsp3) is 0.464. The molecule has 0 aliphatic carbocycles. The lowest BCUT2D eigenvalue weighted by Gasteiger charge is -2.40. The van der Waals surface area contributed by atoms with E-state index in [9.17, 15) is 23.2 Å². The van der Waals surface area contributed by atoms with Crippen molar-refractivity contribution < 1.29 is 31.9 Å². The van der Waals surface area contributed by atoms with Crippen molar-refractivity contribution in [3.8, 4) is 0 Å². The smallest absolute Gasteiger partial charge is 0.410 e. The molecule has 0 radical (unpaired) electrons. The fourth-order valence-corrected chi connectivity index (χ4v) is 4.94. The van der Waals surface area contributed by atoms with E-state index >= 15 is 8.78 Å². The third kappa shape index (κ3) is 6.55. The van der Waals surface area contributed by atoms with Crippen LogP contribution in [0, 0.1) is 11.6 Å². The van der Waals surface area contributed by atoms with Crippen LogP contribution in [0.3, 0.4) is 0 Å². The second-order valence-electron chi connectivity index (χ2n) is 10.5. The Morgan fingerprint density at radius 2 is 1.88 bits per heavy atom. The van der Waals surface area contributed by atoms with E-state index in [0.29, 0.717) is 38.7 Å². The van der Waals surface area contributed by atoms with Gasteiger partial charge in [0.2, 0.25) is 5.56 Å². The number of hydrogen-bond donors (Lipinski definition) is 2. The van der Waals surface area contributed by atoms with Crippen LogP contribution < -0.4 is 15.8 Å². The first-order valence-electron chi connectivity index (χ1n) is 13.3. The summed E-state index contributed by atoms with van der Waals surface area (Å²) in [5, 5.41) is 2.38. The molecular formula is C28H33F4N5O4. The molecule has 1 unspecified atom stereocenters. The molecule has 41 heavy (non-hydrogen) atoms. The minimum absolute atomic E-state index is 0.0179. The number of halogens is 4. The number of rotatable bonds is 6. The summed E-state index contributed by atoms with van der Waals surface area (Å²) >= 11 is 0. The number of hydrogen-bond acceptors (Lipinski definition) is 6. The van der Waals surface area contributed by atoms with Gasteiger partial charge in [-0.05, 0) is 39.8 Å².